The number of carbonyl (C=O) groups excluding carboxylic acids is 1. The Labute approximate surface area is 235 Å². The van der Waals surface area contributed by atoms with Gasteiger partial charge in [0.15, 0.2) is 0 Å². The predicted octanol–water partition coefficient (Wildman–Crippen LogP) is 4.63. The van der Waals surface area contributed by atoms with Crippen LogP contribution in [0.2, 0.25) is 0 Å². The van der Waals surface area contributed by atoms with E-state index in [9.17, 15) is 23.1 Å². The molecule has 0 aliphatic rings. The smallest absolute Gasteiger partial charge is 0.326 e. The number of amides is 1. The van der Waals surface area contributed by atoms with Gasteiger partial charge in [-0.05, 0) is 35.7 Å². The van der Waals surface area contributed by atoms with Crippen LogP contribution in [0, 0.1) is 6.92 Å². The van der Waals surface area contributed by atoms with Crippen molar-refractivity contribution >= 4 is 21.9 Å². The van der Waals surface area contributed by atoms with Crippen LogP contribution in [0.15, 0.2) is 120 Å². The number of nitrogens with one attached hydrogen (secondary N) is 1. The first-order chi connectivity index (χ1) is 19.2. The third-order valence-electron chi connectivity index (χ3n) is 6.89. The van der Waals surface area contributed by atoms with Gasteiger partial charge in [0.05, 0.1) is 4.90 Å². The van der Waals surface area contributed by atoms with Gasteiger partial charge in [-0.1, -0.05) is 109 Å². The molecule has 4 rings (SSSR count). The van der Waals surface area contributed by atoms with Crippen molar-refractivity contribution in [1.29, 1.82) is 0 Å². The fourth-order valence-corrected chi connectivity index (χ4v) is 6.07. The zero-order valence-corrected chi connectivity index (χ0v) is 23.2. The second kappa shape index (κ2) is 12.7. The number of nitrogens with zero attached hydrogens (tertiary/aromatic N) is 1. The van der Waals surface area contributed by atoms with Gasteiger partial charge in [0.25, 0.3) is 0 Å². The van der Waals surface area contributed by atoms with Crippen molar-refractivity contribution in [2.24, 2.45) is 0 Å². The van der Waals surface area contributed by atoms with E-state index in [2.05, 4.69) is 5.32 Å². The summed E-state index contributed by atoms with van der Waals surface area (Å²) in [4.78, 5) is 26.4. The maximum Gasteiger partial charge on any atom is 0.326 e. The van der Waals surface area contributed by atoms with Gasteiger partial charge in [-0.2, -0.15) is 4.31 Å². The molecule has 2 atom stereocenters. The van der Waals surface area contributed by atoms with Gasteiger partial charge in [0, 0.05) is 19.4 Å². The number of sulfonamides is 1. The average Bonchev–Trinajstić information content (AvgIpc) is 2.96. The van der Waals surface area contributed by atoms with Gasteiger partial charge in [0.1, 0.15) is 12.1 Å². The number of aryl methyl sites for hydroxylation is 1. The Morgan fingerprint density at radius 2 is 1.25 bits per heavy atom. The molecular weight excluding hydrogens is 524 g/mol. The molecule has 0 saturated heterocycles. The predicted molar refractivity (Wildman–Crippen MR) is 154 cm³/mol. The summed E-state index contributed by atoms with van der Waals surface area (Å²) in [6.07, 6.45) is 0.0460. The maximum atomic E-state index is 14.1. The summed E-state index contributed by atoms with van der Waals surface area (Å²) in [6, 6.07) is 31.1. The molecule has 0 aliphatic carbocycles. The topological polar surface area (TPSA) is 104 Å². The van der Waals surface area contributed by atoms with Crippen LogP contribution in [-0.2, 0) is 26.0 Å². The van der Waals surface area contributed by atoms with E-state index < -0.39 is 39.9 Å². The standard InChI is InChI=1S/C32H32N2O5S/c1-23-18-20-27(21-19-23)40(38,39)34(2)30(29(25-14-8-4-9-15-25)26-16-10-5-11-17-26)31(35)33-28(32(36)37)22-24-12-6-3-7-13-24/h3-21,28-30H,22H2,1-2H3,(H,33,35)(H,36,37)/t28-,30-/m0/s1. The molecule has 2 N–H and O–H groups in total. The molecule has 8 heteroatoms. The van der Waals surface area contributed by atoms with E-state index in [0.29, 0.717) is 0 Å². The second-order valence-electron chi connectivity index (χ2n) is 9.67. The van der Waals surface area contributed by atoms with Crippen molar-refractivity contribution in [2.45, 2.75) is 36.2 Å². The molecule has 206 valence electrons. The van der Waals surface area contributed by atoms with Crippen LogP contribution < -0.4 is 5.32 Å². The van der Waals surface area contributed by atoms with E-state index >= 15 is 0 Å². The van der Waals surface area contributed by atoms with Crippen molar-refractivity contribution in [3.05, 3.63) is 138 Å². The number of carbonyl (C=O) groups is 2. The molecule has 0 heterocycles. The summed E-state index contributed by atoms with van der Waals surface area (Å²) in [7, 11) is -2.78. The quantitative estimate of drug-likeness (QED) is 0.280. The van der Waals surface area contributed by atoms with Gasteiger partial charge in [-0.3, -0.25) is 4.79 Å². The highest BCUT2D eigenvalue weighted by Crippen LogP contribution is 2.33. The summed E-state index contributed by atoms with van der Waals surface area (Å²) >= 11 is 0. The third kappa shape index (κ3) is 6.65. The molecule has 0 aliphatic heterocycles. The number of aliphatic carboxylic acids is 1. The first kappa shape index (κ1) is 28.7. The molecule has 0 aromatic heterocycles. The number of carboxylic acid groups (broad SMARTS) is 1. The van der Waals surface area contributed by atoms with E-state index in [0.717, 1.165) is 26.6 Å². The molecule has 40 heavy (non-hydrogen) atoms. The molecule has 7 nitrogen and oxygen atoms in total. The van der Waals surface area contributed by atoms with Crippen molar-refractivity contribution in [2.75, 3.05) is 7.05 Å². The Bertz CT molecular complexity index is 1490. The lowest BCUT2D eigenvalue weighted by molar-refractivity contribution is -0.142. The van der Waals surface area contributed by atoms with E-state index in [4.69, 9.17) is 0 Å². The van der Waals surface area contributed by atoms with Gasteiger partial charge in [-0.15, -0.1) is 0 Å². The van der Waals surface area contributed by atoms with Crippen LogP contribution in [0.25, 0.3) is 0 Å². The molecule has 0 spiro atoms. The molecular formula is C32H32N2O5S. The minimum atomic E-state index is -4.15. The van der Waals surface area contributed by atoms with Crippen LogP contribution in [0.1, 0.15) is 28.2 Å². The molecule has 0 unspecified atom stereocenters. The van der Waals surface area contributed by atoms with Crippen LogP contribution >= 0.6 is 0 Å². The van der Waals surface area contributed by atoms with E-state index in [1.54, 1.807) is 36.4 Å². The Morgan fingerprint density at radius 1 is 0.775 bits per heavy atom. The molecule has 0 fully saturated rings. The number of hydrogen-bond acceptors (Lipinski definition) is 4. The highest BCUT2D eigenvalue weighted by Gasteiger charge is 2.41. The Hall–Kier alpha value is -4.27. The van der Waals surface area contributed by atoms with E-state index in [1.807, 2.05) is 73.7 Å². The molecule has 0 bridgehead atoms. The molecule has 0 radical (unpaired) electrons. The normalized spacial score (nSPS) is 13.1. The van der Waals surface area contributed by atoms with Gasteiger partial charge >= 0.3 is 5.97 Å². The third-order valence-corrected chi connectivity index (χ3v) is 8.74. The highest BCUT2D eigenvalue weighted by molar-refractivity contribution is 7.89. The molecule has 4 aromatic rings. The van der Waals surface area contributed by atoms with Crippen molar-refractivity contribution in [1.82, 2.24) is 9.62 Å². The first-order valence-electron chi connectivity index (χ1n) is 12.9. The lowest BCUT2D eigenvalue weighted by Gasteiger charge is -2.34. The Morgan fingerprint density at radius 3 is 1.73 bits per heavy atom. The second-order valence-corrected chi connectivity index (χ2v) is 11.7. The van der Waals surface area contributed by atoms with Crippen LogP contribution in [0.3, 0.4) is 0 Å². The minimum Gasteiger partial charge on any atom is -0.480 e. The molecule has 0 saturated carbocycles. The minimum absolute atomic E-state index is 0.0392. The number of carboxylic acids is 1. The Balaban J connectivity index is 1.81. The number of likely N-dealkylation sites (N-methyl/N-ethyl adjacent to an activating group) is 1. The summed E-state index contributed by atoms with van der Waals surface area (Å²) < 4.78 is 28.8. The summed E-state index contributed by atoms with van der Waals surface area (Å²) in [6.45, 7) is 1.86. The van der Waals surface area contributed by atoms with Gasteiger partial charge in [0.2, 0.25) is 15.9 Å². The van der Waals surface area contributed by atoms with Crippen LogP contribution in [0.4, 0.5) is 0 Å². The monoisotopic (exact) mass is 556 g/mol. The lowest BCUT2D eigenvalue weighted by atomic mass is 9.84. The molecule has 1 amide bonds. The summed E-state index contributed by atoms with van der Waals surface area (Å²) in [5.41, 5.74) is 3.06. The maximum absolute atomic E-state index is 14.1. The number of rotatable bonds is 11. The summed E-state index contributed by atoms with van der Waals surface area (Å²) in [5, 5.41) is 12.6. The largest absolute Gasteiger partial charge is 0.480 e. The van der Waals surface area contributed by atoms with Gasteiger partial charge < -0.3 is 10.4 Å². The molecule has 4 aromatic carbocycles. The zero-order chi connectivity index (χ0) is 28.7. The van der Waals surface area contributed by atoms with Crippen molar-refractivity contribution in [3.8, 4) is 0 Å². The Kier molecular flexibility index (Phi) is 9.14. The van der Waals surface area contributed by atoms with E-state index in [-0.39, 0.29) is 11.3 Å². The van der Waals surface area contributed by atoms with Crippen LogP contribution in [-0.4, -0.2) is 48.8 Å². The summed E-state index contributed by atoms with van der Waals surface area (Å²) in [5.74, 6) is -2.64. The lowest BCUT2D eigenvalue weighted by Crippen LogP contribution is -2.55. The number of hydrogen-bond donors (Lipinski definition) is 2. The average molecular weight is 557 g/mol. The zero-order valence-electron chi connectivity index (χ0n) is 22.3. The van der Waals surface area contributed by atoms with E-state index in [1.165, 1.54) is 19.2 Å². The van der Waals surface area contributed by atoms with Crippen molar-refractivity contribution < 1.29 is 23.1 Å². The fraction of sp³-hybridized carbons (Fsp3) is 0.188. The van der Waals surface area contributed by atoms with Crippen molar-refractivity contribution in [3.63, 3.8) is 0 Å². The fourth-order valence-electron chi connectivity index (χ4n) is 4.74. The SMILES string of the molecule is Cc1ccc(S(=O)(=O)N(C)[C@H](C(=O)N[C@@H](Cc2ccccc2)C(=O)O)C(c2ccccc2)c2ccccc2)cc1. The highest BCUT2D eigenvalue weighted by atomic mass is 32.2. The number of benzene rings is 4. The van der Waals surface area contributed by atoms with Crippen LogP contribution in [0.5, 0.6) is 0 Å². The first-order valence-corrected chi connectivity index (χ1v) is 14.3. The van der Waals surface area contributed by atoms with Gasteiger partial charge in [-0.25, -0.2) is 13.2 Å².